The number of carbonyl (C=O) groups is 1. The van der Waals surface area contributed by atoms with Gasteiger partial charge in [0.25, 0.3) is 5.91 Å². The van der Waals surface area contributed by atoms with E-state index in [1.54, 1.807) is 15.7 Å². The summed E-state index contributed by atoms with van der Waals surface area (Å²) >= 11 is 5.16. The molecule has 0 spiro atoms. The minimum absolute atomic E-state index is 0.0703. The van der Waals surface area contributed by atoms with Crippen LogP contribution in [0.3, 0.4) is 0 Å². The van der Waals surface area contributed by atoms with Crippen LogP contribution in [0.5, 0.6) is 0 Å². The first-order valence-corrected chi connectivity index (χ1v) is 6.37. The van der Waals surface area contributed by atoms with Gasteiger partial charge in [0.15, 0.2) is 5.11 Å². The number of hydrogen-bond donors (Lipinski definition) is 1. The van der Waals surface area contributed by atoms with E-state index >= 15 is 0 Å². The normalized spacial score (nSPS) is 17.7. The minimum atomic E-state index is -0.0703. The fourth-order valence-corrected chi connectivity index (χ4v) is 2.03. The second-order valence-corrected chi connectivity index (χ2v) is 4.60. The molecule has 18 heavy (non-hydrogen) atoms. The van der Waals surface area contributed by atoms with Crippen molar-refractivity contribution in [2.24, 2.45) is 7.05 Å². The smallest absolute Gasteiger partial charge is 0.276 e. The molecule has 1 aromatic heterocycles. The summed E-state index contributed by atoms with van der Waals surface area (Å²) in [6.45, 7) is 2.75. The van der Waals surface area contributed by atoms with E-state index < -0.39 is 0 Å². The molecule has 1 N–H and O–H groups in total. The molecular weight excluding hydrogens is 248 g/mol. The largest absolute Gasteiger partial charge is 0.328 e. The molecule has 0 bridgehead atoms. The number of nitrogens with zero attached hydrogens (tertiary/aromatic N) is 3. The number of hydrogen-bond acceptors (Lipinski definition) is 3. The molecule has 0 aliphatic carbocycles. The van der Waals surface area contributed by atoms with E-state index in [2.05, 4.69) is 17.3 Å². The maximum atomic E-state index is 12.1. The zero-order valence-electron chi connectivity index (χ0n) is 10.5. The number of rotatable bonds is 4. The lowest BCUT2D eigenvalue weighted by molar-refractivity contribution is -0.122. The summed E-state index contributed by atoms with van der Waals surface area (Å²) in [5.41, 5.74) is 1.24. The Morgan fingerprint density at radius 1 is 1.56 bits per heavy atom. The van der Waals surface area contributed by atoms with Crippen LogP contribution >= 0.6 is 12.2 Å². The van der Waals surface area contributed by atoms with Gasteiger partial charge in [0, 0.05) is 19.8 Å². The third kappa shape index (κ3) is 2.59. The number of amides is 1. The summed E-state index contributed by atoms with van der Waals surface area (Å²) in [6, 6.07) is 1.85. The zero-order chi connectivity index (χ0) is 13.1. The van der Waals surface area contributed by atoms with E-state index in [9.17, 15) is 4.79 Å². The van der Waals surface area contributed by atoms with Gasteiger partial charge in [-0.1, -0.05) is 13.3 Å². The molecule has 1 aromatic rings. The quantitative estimate of drug-likeness (QED) is 0.657. The lowest BCUT2D eigenvalue weighted by Crippen LogP contribution is -2.31. The Bertz CT molecular complexity index is 506. The van der Waals surface area contributed by atoms with Gasteiger partial charge in [-0.15, -0.1) is 0 Å². The summed E-state index contributed by atoms with van der Waals surface area (Å²) in [5, 5.41) is 7.63. The second kappa shape index (κ2) is 5.30. The Kier molecular flexibility index (Phi) is 3.76. The first-order valence-electron chi connectivity index (χ1n) is 5.96. The average Bonchev–Trinajstić information content (AvgIpc) is 2.84. The number of carbonyl (C=O) groups excluding carboxylic acids is 1. The number of unbranched alkanes of at least 4 members (excludes halogenated alkanes) is 1. The van der Waals surface area contributed by atoms with Crippen molar-refractivity contribution in [1.82, 2.24) is 20.0 Å². The molecular formula is C12H16N4OS. The van der Waals surface area contributed by atoms with Crippen molar-refractivity contribution in [3.8, 4) is 0 Å². The zero-order valence-corrected chi connectivity index (χ0v) is 11.3. The van der Waals surface area contributed by atoms with Gasteiger partial charge in [0.1, 0.15) is 5.70 Å². The Morgan fingerprint density at radius 2 is 2.33 bits per heavy atom. The van der Waals surface area contributed by atoms with Crippen LogP contribution in [0, 0.1) is 0 Å². The van der Waals surface area contributed by atoms with Gasteiger partial charge in [-0.2, -0.15) is 5.10 Å². The SMILES string of the molecule is CCCCN1C(=O)/C(=C/c2ccn(C)n2)NC1=S. The van der Waals surface area contributed by atoms with Gasteiger partial charge < -0.3 is 5.32 Å². The van der Waals surface area contributed by atoms with Crippen LogP contribution in [0.1, 0.15) is 25.5 Å². The van der Waals surface area contributed by atoms with Crippen LogP contribution in [0.15, 0.2) is 18.0 Å². The van der Waals surface area contributed by atoms with Crippen LogP contribution in [0.4, 0.5) is 0 Å². The molecule has 2 rings (SSSR count). The summed E-state index contributed by atoms with van der Waals surface area (Å²) in [7, 11) is 1.84. The van der Waals surface area contributed by atoms with Gasteiger partial charge in [-0.05, 0) is 30.8 Å². The van der Waals surface area contributed by atoms with Crippen molar-refractivity contribution in [3.05, 3.63) is 23.7 Å². The molecule has 0 aromatic carbocycles. The van der Waals surface area contributed by atoms with Crippen molar-refractivity contribution in [3.63, 3.8) is 0 Å². The standard InChI is InChI=1S/C12H16N4OS/c1-3-4-6-16-11(17)10(13-12(16)18)8-9-5-7-15(2)14-9/h5,7-8H,3-4,6H2,1-2H3,(H,13,18)/b10-8-. The predicted molar refractivity (Wildman–Crippen MR) is 73.5 cm³/mol. The van der Waals surface area contributed by atoms with Crippen molar-refractivity contribution >= 4 is 29.3 Å². The van der Waals surface area contributed by atoms with Crippen molar-refractivity contribution < 1.29 is 4.79 Å². The highest BCUT2D eigenvalue weighted by molar-refractivity contribution is 7.80. The van der Waals surface area contributed by atoms with Crippen LogP contribution in [-0.2, 0) is 11.8 Å². The summed E-state index contributed by atoms with van der Waals surface area (Å²) < 4.78 is 1.69. The number of thiocarbonyl (C=S) groups is 1. The van der Waals surface area contributed by atoms with Crippen LogP contribution in [0.25, 0.3) is 6.08 Å². The van der Waals surface area contributed by atoms with Crippen molar-refractivity contribution in [1.29, 1.82) is 0 Å². The van der Waals surface area contributed by atoms with E-state index in [4.69, 9.17) is 12.2 Å². The minimum Gasteiger partial charge on any atom is -0.328 e. The molecule has 1 fully saturated rings. The van der Waals surface area contributed by atoms with E-state index in [-0.39, 0.29) is 5.91 Å². The fourth-order valence-electron chi connectivity index (χ4n) is 1.75. The molecule has 5 nitrogen and oxygen atoms in total. The highest BCUT2D eigenvalue weighted by Crippen LogP contribution is 2.13. The van der Waals surface area contributed by atoms with E-state index in [0.717, 1.165) is 18.5 Å². The maximum Gasteiger partial charge on any atom is 0.276 e. The Labute approximate surface area is 111 Å². The lowest BCUT2D eigenvalue weighted by atomic mass is 10.3. The first-order chi connectivity index (χ1) is 8.61. The molecule has 1 aliphatic heterocycles. The molecule has 2 heterocycles. The third-order valence-corrected chi connectivity index (χ3v) is 3.05. The molecule has 1 saturated heterocycles. The second-order valence-electron chi connectivity index (χ2n) is 4.21. The van der Waals surface area contributed by atoms with Crippen LogP contribution < -0.4 is 5.32 Å². The van der Waals surface area contributed by atoms with E-state index in [1.165, 1.54) is 0 Å². The highest BCUT2D eigenvalue weighted by atomic mass is 32.1. The molecule has 1 aliphatic rings. The van der Waals surface area contributed by atoms with Gasteiger partial charge in [0.05, 0.1) is 5.69 Å². The van der Waals surface area contributed by atoms with E-state index in [0.29, 0.717) is 17.4 Å². The molecule has 0 atom stereocenters. The maximum absolute atomic E-state index is 12.1. The number of aromatic nitrogens is 2. The number of aryl methyl sites for hydroxylation is 1. The van der Waals surface area contributed by atoms with Gasteiger partial charge in [-0.25, -0.2) is 0 Å². The lowest BCUT2D eigenvalue weighted by Gasteiger charge is -2.12. The average molecular weight is 264 g/mol. The predicted octanol–water partition coefficient (Wildman–Crippen LogP) is 1.28. The Hall–Kier alpha value is -1.69. The molecule has 0 radical (unpaired) electrons. The van der Waals surface area contributed by atoms with Gasteiger partial charge in [0.2, 0.25) is 0 Å². The molecule has 0 unspecified atom stereocenters. The highest BCUT2D eigenvalue weighted by Gasteiger charge is 2.29. The third-order valence-electron chi connectivity index (χ3n) is 2.72. The summed E-state index contributed by atoms with van der Waals surface area (Å²) in [5.74, 6) is -0.0703. The molecule has 0 saturated carbocycles. The van der Waals surface area contributed by atoms with E-state index in [1.807, 2.05) is 19.3 Å². The Balaban J connectivity index is 2.14. The monoisotopic (exact) mass is 264 g/mol. The molecule has 1 amide bonds. The molecule has 6 heteroatoms. The van der Waals surface area contributed by atoms with Gasteiger partial charge >= 0.3 is 0 Å². The first kappa shape index (κ1) is 12.8. The van der Waals surface area contributed by atoms with Crippen LogP contribution in [0.2, 0.25) is 0 Å². The van der Waals surface area contributed by atoms with Crippen LogP contribution in [-0.4, -0.2) is 32.2 Å². The summed E-state index contributed by atoms with van der Waals surface area (Å²) in [4.78, 5) is 13.7. The van der Waals surface area contributed by atoms with Crippen molar-refractivity contribution in [2.45, 2.75) is 19.8 Å². The van der Waals surface area contributed by atoms with Gasteiger partial charge in [-0.3, -0.25) is 14.4 Å². The fraction of sp³-hybridized carbons (Fsp3) is 0.417. The van der Waals surface area contributed by atoms with Crippen molar-refractivity contribution in [2.75, 3.05) is 6.54 Å². The topological polar surface area (TPSA) is 50.2 Å². The summed E-state index contributed by atoms with van der Waals surface area (Å²) in [6.07, 6.45) is 5.54. The molecule has 96 valence electrons. The Morgan fingerprint density at radius 3 is 2.94 bits per heavy atom. The number of nitrogens with one attached hydrogen (secondary N) is 1.